The molecule has 2 spiro atoms. The quantitative estimate of drug-likeness (QED) is 0.271. The average Bonchev–Trinajstić information content (AvgIpc) is 3.69. The molecule has 222 valence electrons. The van der Waals surface area contributed by atoms with Crippen molar-refractivity contribution in [3.63, 3.8) is 0 Å². The first-order valence-corrected chi connectivity index (χ1v) is 15.5. The highest BCUT2D eigenvalue weighted by atomic mass is 16.5. The lowest BCUT2D eigenvalue weighted by atomic mass is 9.54. The van der Waals surface area contributed by atoms with Gasteiger partial charge in [0, 0.05) is 36.2 Å². The highest BCUT2D eigenvalue weighted by molar-refractivity contribution is 6.24. The van der Waals surface area contributed by atoms with Crippen LogP contribution in [0.25, 0.3) is 16.8 Å². The van der Waals surface area contributed by atoms with E-state index in [-0.39, 0.29) is 23.5 Å². The van der Waals surface area contributed by atoms with Crippen LogP contribution in [-0.2, 0) is 10.3 Å². The zero-order chi connectivity index (χ0) is 30.2. The molecule has 0 bridgehead atoms. The number of methoxy groups -OCH3 is 2. The fourth-order valence-corrected chi connectivity index (χ4v) is 9.29. The Bertz CT molecular complexity index is 1840. The largest absolute Gasteiger partial charge is 0.497 e. The summed E-state index contributed by atoms with van der Waals surface area (Å²) in [6.45, 7) is 1.79. The van der Waals surface area contributed by atoms with E-state index in [1.165, 1.54) is 0 Å². The lowest BCUT2D eigenvalue weighted by Crippen LogP contribution is -2.65. The number of benzene rings is 4. The van der Waals surface area contributed by atoms with Gasteiger partial charge in [-0.05, 0) is 84.2 Å². The third-order valence-corrected chi connectivity index (χ3v) is 10.7. The van der Waals surface area contributed by atoms with Crippen LogP contribution in [0, 0.1) is 5.41 Å². The molecular weight excluding hydrogens is 548 g/mol. The lowest BCUT2D eigenvalue weighted by Gasteiger charge is -2.52. The van der Waals surface area contributed by atoms with E-state index in [1.807, 2.05) is 54.6 Å². The van der Waals surface area contributed by atoms with Crippen molar-refractivity contribution in [1.29, 1.82) is 0 Å². The number of likely N-dealkylation sites (N-methyl/N-ethyl adjacent to an activating group) is 1. The molecule has 0 radical (unpaired) electrons. The molecule has 0 N–H and O–H groups in total. The standard InChI is InChI=1S/C38H36N2O4/c1-39-22-27(21-24-12-16-28(43-2)17-13-24)35(41)37(23-39)34(26-14-18-29(44-3)19-15-26)32-11-6-20-40(32)38(37)31-10-5-8-25-7-4-9-30(33(25)31)36(38)42/h4-5,7-10,12-19,21,32,34H,6,11,20,22-23H2,1-3H3/b27-21+/t32?,34-,37-,38-/m0/s1. The molecule has 4 atom stereocenters. The van der Waals surface area contributed by atoms with Gasteiger partial charge in [0.1, 0.15) is 17.0 Å². The second-order valence-electron chi connectivity index (χ2n) is 12.8. The van der Waals surface area contributed by atoms with Gasteiger partial charge < -0.3 is 14.4 Å². The fourth-order valence-electron chi connectivity index (χ4n) is 9.29. The highest BCUT2D eigenvalue weighted by Crippen LogP contribution is 2.69. The number of hydrogen-bond acceptors (Lipinski definition) is 6. The summed E-state index contributed by atoms with van der Waals surface area (Å²) in [5.41, 5.74) is 2.35. The molecule has 1 unspecified atom stereocenters. The normalized spacial score (nSPS) is 28.9. The third-order valence-electron chi connectivity index (χ3n) is 10.7. The van der Waals surface area contributed by atoms with Gasteiger partial charge in [-0.3, -0.25) is 14.5 Å². The summed E-state index contributed by atoms with van der Waals surface area (Å²) in [6.07, 6.45) is 3.95. The number of carbonyl (C=O) groups excluding carboxylic acids is 2. The Labute approximate surface area is 257 Å². The molecule has 0 aromatic heterocycles. The fraction of sp³-hybridized carbons (Fsp3) is 0.316. The van der Waals surface area contributed by atoms with Gasteiger partial charge in [0.25, 0.3) is 0 Å². The second-order valence-corrected chi connectivity index (χ2v) is 12.8. The number of ketones is 2. The maximum absolute atomic E-state index is 15.6. The molecule has 0 amide bonds. The van der Waals surface area contributed by atoms with Gasteiger partial charge in [-0.1, -0.05) is 60.7 Å². The summed E-state index contributed by atoms with van der Waals surface area (Å²) in [4.78, 5) is 35.6. The average molecular weight is 585 g/mol. The van der Waals surface area contributed by atoms with Crippen molar-refractivity contribution in [3.8, 4) is 11.5 Å². The summed E-state index contributed by atoms with van der Waals surface area (Å²) < 4.78 is 10.9. The molecule has 0 saturated carbocycles. The Morgan fingerprint density at radius 2 is 1.52 bits per heavy atom. The van der Waals surface area contributed by atoms with Gasteiger partial charge in [-0.15, -0.1) is 0 Å². The Kier molecular flexibility index (Phi) is 6.13. The van der Waals surface area contributed by atoms with Crippen molar-refractivity contribution in [2.75, 3.05) is 40.9 Å². The monoisotopic (exact) mass is 584 g/mol. The van der Waals surface area contributed by atoms with Crippen LogP contribution in [0.4, 0.5) is 0 Å². The topological polar surface area (TPSA) is 59.1 Å². The Morgan fingerprint density at radius 1 is 0.841 bits per heavy atom. The van der Waals surface area contributed by atoms with Crippen LogP contribution in [0.3, 0.4) is 0 Å². The van der Waals surface area contributed by atoms with Gasteiger partial charge in [0.2, 0.25) is 0 Å². The number of nitrogens with zero attached hydrogens (tertiary/aromatic N) is 2. The molecule has 4 aliphatic rings. The number of rotatable bonds is 4. The predicted octanol–water partition coefficient (Wildman–Crippen LogP) is 6.09. The summed E-state index contributed by atoms with van der Waals surface area (Å²) in [5.74, 6) is 1.52. The van der Waals surface area contributed by atoms with Crippen LogP contribution in [0.15, 0.2) is 90.5 Å². The molecule has 3 fully saturated rings. The Hall–Kier alpha value is -4.26. The van der Waals surface area contributed by atoms with Crippen molar-refractivity contribution in [2.45, 2.75) is 30.3 Å². The molecule has 8 rings (SSSR count). The van der Waals surface area contributed by atoms with E-state index in [1.54, 1.807) is 14.2 Å². The van der Waals surface area contributed by atoms with E-state index < -0.39 is 11.0 Å². The molecule has 3 aliphatic heterocycles. The third kappa shape index (κ3) is 3.44. The van der Waals surface area contributed by atoms with Crippen LogP contribution in [0.5, 0.6) is 11.5 Å². The number of ether oxygens (including phenoxy) is 2. The van der Waals surface area contributed by atoms with Crippen LogP contribution in [-0.4, -0.2) is 68.3 Å². The zero-order valence-electron chi connectivity index (χ0n) is 25.4. The van der Waals surface area contributed by atoms with E-state index in [2.05, 4.69) is 53.2 Å². The zero-order valence-corrected chi connectivity index (χ0v) is 25.4. The smallest absolute Gasteiger partial charge is 0.189 e. The Morgan fingerprint density at radius 3 is 2.23 bits per heavy atom. The lowest BCUT2D eigenvalue weighted by molar-refractivity contribution is -0.134. The predicted molar refractivity (Wildman–Crippen MR) is 171 cm³/mol. The number of Topliss-reactive ketones (excluding diaryl/α,β-unsaturated/α-hetero) is 2. The summed E-state index contributed by atoms with van der Waals surface area (Å²) in [7, 11) is 5.41. The minimum atomic E-state index is -1.10. The van der Waals surface area contributed by atoms with Gasteiger partial charge in [0.15, 0.2) is 11.6 Å². The van der Waals surface area contributed by atoms with Gasteiger partial charge in [-0.25, -0.2) is 0 Å². The number of hydrogen-bond donors (Lipinski definition) is 0. The summed E-state index contributed by atoms with van der Waals surface area (Å²) in [5, 5.41) is 2.05. The van der Waals surface area contributed by atoms with Crippen LogP contribution in [0.2, 0.25) is 0 Å². The molecule has 3 saturated heterocycles. The number of piperidine rings is 1. The Balaban J connectivity index is 1.42. The molecule has 44 heavy (non-hydrogen) atoms. The van der Waals surface area contributed by atoms with E-state index in [0.717, 1.165) is 69.5 Å². The number of likely N-dealkylation sites (tertiary alicyclic amines) is 1. The van der Waals surface area contributed by atoms with Crippen molar-refractivity contribution in [2.24, 2.45) is 5.41 Å². The van der Waals surface area contributed by atoms with Gasteiger partial charge >= 0.3 is 0 Å². The van der Waals surface area contributed by atoms with Crippen molar-refractivity contribution in [3.05, 3.63) is 113 Å². The molecule has 4 aromatic carbocycles. The highest BCUT2D eigenvalue weighted by Gasteiger charge is 2.78. The first-order chi connectivity index (χ1) is 21.4. The summed E-state index contributed by atoms with van der Waals surface area (Å²) in [6, 6.07) is 28.4. The molecular formula is C38H36N2O4. The molecule has 1 aliphatic carbocycles. The van der Waals surface area contributed by atoms with Crippen molar-refractivity contribution in [1.82, 2.24) is 9.80 Å². The van der Waals surface area contributed by atoms with Crippen molar-refractivity contribution < 1.29 is 19.1 Å². The first kappa shape index (κ1) is 27.3. The summed E-state index contributed by atoms with van der Waals surface area (Å²) >= 11 is 0. The SMILES string of the molecule is COc1ccc(/C=C2\CN(C)C[C@@]3(C2=O)[C@@H](c2ccc(OC)cc2)C2CCCN2[C@@]32C(=O)c3cccc4cccc2c34)cc1. The van der Waals surface area contributed by atoms with Crippen LogP contribution < -0.4 is 9.47 Å². The molecule has 6 nitrogen and oxygen atoms in total. The maximum Gasteiger partial charge on any atom is 0.189 e. The van der Waals surface area contributed by atoms with E-state index in [0.29, 0.717) is 13.1 Å². The minimum Gasteiger partial charge on any atom is -0.497 e. The van der Waals surface area contributed by atoms with E-state index in [4.69, 9.17) is 9.47 Å². The van der Waals surface area contributed by atoms with Crippen LogP contribution >= 0.6 is 0 Å². The van der Waals surface area contributed by atoms with E-state index >= 15 is 9.59 Å². The molecule has 3 heterocycles. The number of carbonyl (C=O) groups is 2. The first-order valence-electron chi connectivity index (χ1n) is 15.5. The number of fused-ring (bicyclic) bond motifs is 4. The molecule has 6 heteroatoms. The second kappa shape index (κ2) is 9.88. The van der Waals surface area contributed by atoms with Crippen molar-refractivity contribution >= 4 is 28.4 Å². The van der Waals surface area contributed by atoms with Gasteiger partial charge in [-0.2, -0.15) is 0 Å². The maximum atomic E-state index is 15.6. The minimum absolute atomic E-state index is 0.0506. The van der Waals surface area contributed by atoms with Gasteiger partial charge in [0.05, 0.1) is 19.6 Å². The molecule has 4 aromatic rings. The van der Waals surface area contributed by atoms with Crippen LogP contribution in [0.1, 0.15) is 45.8 Å². The van der Waals surface area contributed by atoms with E-state index in [9.17, 15) is 0 Å².